The van der Waals surface area contributed by atoms with Gasteiger partial charge < -0.3 is 9.80 Å². The van der Waals surface area contributed by atoms with Gasteiger partial charge in [0.2, 0.25) is 11.8 Å². The number of amides is 2. The van der Waals surface area contributed by atoms with E-state index in [1.54, 1.807) is 13.8 Å². The molecule has 2 aromatic carbocycles. The second-order valence-electron chi connectivity index (χ2n) is 11.0. The summed E-state index contributed by atoms with van der Waals surface area (Å²) in [6.07, 6.45) is -1.79. The van der Waals surface area contributed by atoms with E-state index in [0.29, 0.717) is 25.3 Å². The predicted molar refractivity (Wildman–Crippen MR) is 150 cm³/mol. The highest BCUT2D eigenvalue weighted by Crippen LogP contribution is 2.33. The summed E-state index contributed by atoms with van der Waals surface area (Å²) >= 11 is 0. The number of alkyl halides is 3. The summed E-state index contributed by atoms with van der Waals surface area (Å²) in [4.78, 5) is 32.7. The SMILES string of the molecule is CC(=O)N1CC[C@@H]2CC[C@H](CN(C(=O)CCn3nc(C(F)(F)F)cc3C)Cc3ccccc31)N2Cc1ccccc1. The van der Waals surface area contributed by atoms with Crippen molar-refractivity contribution in [2.45, 2.75) is 77.4 Å². The fourth-order valence-corrected chi connectivity index (χ4v) is 6.16. The van der Waals surface area contributed by atoms with Crippen molar-refractivity contribution in [2.75, 3.05) is 18.0 Å². The molecule has 2 atom stereocenters. The monoisotopic (exact) mass is 567 g/mol. The predicted octanol–water partition coefficient (Wildman–Crippen LogP) is 5.42. The number of carbonyl (C=O) groups excluding carboxylic acids is 2. The first-order valence-corrected chi connectivity index (χ1v) is 14.1. The second kappa shape index (κ2) is 12.1. The molecule has 0 spiro atoms. The van der Waals surface area contributed by atoms with Crippen molar-refractivity contribution in [1.29, 1.82) is 0 Å². The summed E-state index contributed by atoms with van der Waals surface area (Å²) in [5, 5.41) is 3.70. The van der Waals surface area contributed by atoms with Crippen LogP contribution < -0.4 is 4.90 Å². The third kappa shape index (κ3) is 6.64. The van der Waals surface area contributed by atoms with Crippen LogP contribution in [0.5, 0.6) is 0 Å². The molecular weight excluding hydrogens is 531 g/mol. The molecule has 2 aliphatic heterocycles. The van der Waals surface area contributed by atoms with E-state index in [9.17, 15) is 22.8 Å². The van der Waals surface area contributed by atoms with Crippen LogP contribution in [0.3, 0.4) is 0 Å². The van der Waals surface area contributed by atoms with Gasteiger partial charge in [-0.15, -0.1) is 0 Å². The van der Waals surface area contributed by atoms with E-state index in [1.807, 2.05) is 52.3 Å². The fourth-order valence-electron chi connectivity index (χ4n) is 6.16. The van der Waals surface area contributed by atoms with Gasteiger partial charge in [-0.25, -0.2) is 0 Å². The number of rotatable bonds is 5. The van der Waals surface area contributed by atoms with Gasteiger partial charge in [0.25, 0.3) is 0 Å². The number of para-hydroxylation sites is 1. The van der Waals surface area contributed by atoms with Gasteiger partial charge in [-0.05, 0) is 49.4 Å². The lowest BCUT2D eigenvalue weighted by Crippen LogP contribution is -2.45. The molecule has 2 amide bonds. The van der Waals surface area contributed by atoms with E-state index in [1.165, 1.54) is 10.2 Å². The maximum Gasteiger partial charge on any atom is 0.435 e. The molecule has 2 aliphatic rings. The molecule has 218 valence electrons. The van der Waals surface area contributed by atoms with Gasteiger partial charge in [0.05, 0.1) is 0 Å². The lowest BCUT2D eigenvalue weighted by molar-refractivity contribution is -0.141. The Morgan fingerprint density at radius 1 is 0.976 bits per heavy atom. The van der Waals surface area contributed by atoms with E-state index in [2.05, 4.69) is 22.1 Å². The Morgan fingerprint density at radius 3 is 2.39 bits per heavy atom. The molecule has 0 aliphatic carbocycles. The minimum absolute atomic E-state index is 0.0211. The Morgan fingerprint density at radius 2 is 1.68 bits per heavy atom. The van der Waals surface area contributed by atoms with Gasteiger partial charge in [0.1, 0.15) is 0 Å². The van der Waals surface area contributed by atoms with Crippen LogP contribution in [0.4, 0.5) is 18.9 Å². The standard InChI is InChI=1S/C31H36F3N5O2/c1-22-18-29(31(32,33)34)35-39(22)17-15-30(41)36-20-25-10-6-7-11-28(25)37(23(2)40)16-14-26-12-13-27(21-36)38(26)19-24-8-4-3-5-9-24/h3-11,18,26-27H,12-17,19-21H2,1-2H3/t26-,27+/m0/s1. The average molecular weight is 568 g/mol. The zero-order chi connectivity index (χ0) is 29.1. The number of aryl methyl sites for hydroxylation is 2. The van der Waals surface area contributed by atoms with Crippen molar-refractivity contribution >= 4 is 17.5 Å². The molecule has 3 heterocycles. The minimum atomic E-state index is -4.54. The zero-order valence-corrected chi connectivity index (χ0v) is 23.5. The third-order valence-corrected chi connectivity index (χ3v) is 8.28. The molecule has 10 heteroatoms. The first-order valence-electron chi connectivity index (χ1n) is 14.1. The van der Waals surface area contributed by atoms with Crippen LogP contribution >= 0.6 is 0 Å². The summed E-state index contributed by atoms with van der Waals surface area (Å²) in [6, 6.07) is 19.3. The number of hydrogen-bond donors (Lipinski definition) is 0. The van der Waals surface area contributed by atoms with Gasteiger partial charge in [-0.1, -0.05) is 48.5 Å². The zero-order valence-electron chi connectivity index (χ0n) is 23.5. The highest BCUT2D eigenvalue weighted by atomic mass is 19.4. The van der Waals surface area contributed by atoms with Crippen LogP contribution in [0.1, 0.15) is 55.1 Å². The summed E-state index contributed by atoms with van der Waals surface area (Å²) in [6.45, 7) is 5.33. The highest BCUT2D eigenvalue weighted by Gasteiger charge is 2.37. The molecule has 0 saturated carbocycles. The largest absolute Gasteiger partial charge is 0.435 e. The van der Waals surface area contributed by atoms with E-state index in [0.717, 1.165) is 43.1 Å². The topological polar surface area (TPSA) is 61.7 Å². The molecule has 5 rings (SSSR count). The Bertz CT molecular complexity index is 1370. The molecule has 2 bridgehead atoms. The van der Waals surface area contributed by atoms with Gasteiger partial charge in [0.15, 0.2) is 5.69 Å². The van der Waals surface area contributed by atoms with Gasteiger partial charge in [-0.3, -0.25) is 19.2 Å². The van der Waals surface area contributed by atoms with E-state index >= 15 is 0 Å². The molecular formula is C31H36F3N5O2. The van der Waals surface area contributed by atoms with Crippen molar-refractivity contribution in [2.24, 2.45) is 0 Å². The number of hydrogen-bond acceptors (Lipinski definition) is 4. The van der Waals surface area contributed by atoms with Gasteiger partial charge in [-0.2, -0.15) is 18.3 Å². The van der Waals surface area contributed by atoms with Crippen molar-refractivity contribution in [3.05, 3.63) is 83.2 Å². The summed E-state index contributed by atoms with van der Waals surface area (Å²) < 4.78 is 40.8. The minimum Gasteiger partial charge on any atom is -0.337 e. The number of carbonyl (C=O) groups is 2. The quantitative estimate of drug-likeness (QED) is 0.413. The smallest absolute Gasteiger partial charge is 0.337 e. The van der Waals surface area contributed by atoms with Crippen molar-refractivity contribution < 1.29 is 22.8 Å². The van der Waals surface area contributed by atoms with E-state index in [-0.39, 0.29) is 36.9 Å². The van der Waals surface area contributed by atoms with Crippen molar-refractivity contribution in [1.82, 2.24) is 19.6 Å². The van der Waals surface area contributed by atoms with Crippen LogP contribution in [-0.4, -0.2) is 56.6 Å². The molecule has 0 radical (unpaired) electrons. The highest BCUT2D eigenvalue weighted by molar-refractivity contribution is 5.92. The first-order chi connectivity index (χ1) is 19.6. The number of aromatic nitrogens is 2. The lowest BCUT2D eigenvalue weighted by Gasteiger charge is -2.34. The number of benzene rings is 2. The van der Waals surface area contributed by atoms with Crippen LogP contribution in [0.2, 0.25) is 0 Å². The maximum absolute atomic E-state index is 13.8. The maximum atomic E-state index is 13.8. The summed E-state index contributed by atoms with van der Waals surface area (Å²) in [5.74, 6) is -0.201. The summed E-state index contributed by atoms with van der Waals surface area (Å²) in [5.41, 5.74) is 2.27. The Kier molecular flexibility index (Phi) is 8.49. The third-order valence-electron chi connectivity index (χ3n) is 8.28. The molecule has 41 heavy (non-hydrogen) atoms. The fraction of sp³-hybridized carbons (Fsp3) is 0.452. The number of fused-ring (bicyclic) bond motifs is 3. The average Bonchev–Trinajstić information content (AvgIpc) is 3.49. The Labute approximate surface area is 238 Å². The van der Waals surface area contributed by atoms with Crippen molar-refractivity contribution in [3.63, 3.8) is 0 Å². The summed E-state index contributed by atoms with van der Waals surface area (Å²) in [7, 11) is 0. The van der Waals surface area contributed by atoms with Gasteiger partial charge in [0, 0.05) is 69.5 Å². The van der Waals surface area contributed by atoms with Crippen molar-refractivity contribution in [3.8, 4) is 0 Å². The lowest BCUT2D eigenvalue weighted by atomic mass is 10.1. The first kappa shape index (κ1) is 28.9. The Balaban J connectivity index is 1.44. The molecule has 1 aromatic heterocycles. The number of halogens is 3. The molecule has 0 N–H and O–H groups in total. The molecule has 1 fully saturated rings. The molecule has 1 saturated heterocycles. The normalized spacial score (nSPS) is 20.0. The van der Waals surface area contributed by atoms with E-state index in [4.69, 9.17) is 0 Å². The molecule has 7 nitrogen and oxygen atoms in total. The van der Waals surface area contributed by atoms with E-state index < -0.39 is 11.9 Å². The number of nitrogens with zero attached hydrogens (tertiary/aromatic N) is 5. The van der Waals surface area contributed by atoms with Crippen LogP contribution in [0.15, 0.2) is 60.7 Å². The van der Waals surface area contributed by atoms with Crippen LogP contribution in [-0.2, 0) is 35.4 Å². The Hall–Kier alpha value is -3.66. The van der Waals surface area contributed by atoms with Gasteiger partial charge >= 0.3 is 6.18 Å². The molecule has 3 aromatic rings. The van der Waals surface area contributed by atoms with Crippen LogP contribution in [0, 0.1) is 6.92 Å². The second-order valence-corrected chi connectivity index (χ2v) is 11.0. The van der Waals surface area contributed by atoms with Crippen LogP contribution in [0.25, 0.3) is 0 Å². The number of anilines is 1. The molecule has 0 unspecified atom stereocenters.